The monoisotopic (exact) mass is 536 g/mol. The van der Waals surface area contributed by atoms with Crippen molar-refractivity contribution in [2.24, 2.45) is 17.8 Å². The molecule has 2 aromatic rings. The fourth-order valence-corrected chi connectivity index (χ4v) is 8.16. The van der Waals surface area contributed by atoms with Gasteiger partial charge in [0, 0.05) is 42.1 Å². The Hall–Kier alpha value is -2.54. The molecule has 8 nitrogen and oxygen atoms in total. The van der Waals surface area contributed by atoms with E-state index in [4.69, 9.17) is 9.40 Å². The van der Waals surface area contributed by atoms with Crippen LogP contribution in [0.1, 0.15) is 74.9 Å². The van der Waals surface area contributed by atoms with E-state index in [2.05, 4.69) is 40.6 Å². The van der Waals surface area contributed by atoms with Crippen molar-refractivity contribution in [2.75, 3.05) is 29.5 Å². The topological polar surface area (TPSA) is 123 Å². The van der Waals surface area contributed by atoms with E-state index in [9.17, 15) is 19.2 Å². The minimum atomic E-state index is -2.43. The lowest BCUT2D eigenvalue weighted by molar-refractivity contribution is -0.127. The van der Waals surface area contributed by atoms with Gasteiger partial charge >= 0.3 is 0 Å². The minimum absolute atomic E-state index is 0.0180. The Morgan fingerprint density at radius 1 is 1.11 bits per heavy atom. The highest BCUT2D eigenvalue weighted by Crippen LogP contribution is 2.64. The number of amides is 1. The molecular weight excluding hydrogens is 500 g/mol. The van der Waals surface area contributed by atoms with Crippen molar-refractivity contribution in [3.05, 3.63) is 35.9 Å². The van der Waals surface area contributed by atoms with Gasteiger partial charge in [0.15, 0.2) is 5.89 Å². The number of oxazole rings is 1. The molecule has 5 saturated carbocycles. The number of carbonyl (C=O) groups is 1. The SMILES string of the molecule is N#CC1(NC(=O)[C@@H]2CCCC[C@H]2c2oc(C3C4CC3C4)nc2-c2ccc(N3CCS(O)(O)CC3)cc2)CC1. The maximum Gasteiger partial charge on any atom is 0.225 e. The predicted octanol–water partition coefficient (Wildman–Crippen LogP) is 5.48. The zero-order chi connectivity index (χ0) is 26.1. The normalized spacial score (nSPS) is 33.3. The Bertz CT molecular complexity index is 1260. The van der Waals surface area contributed by atoms with Crippen molar-refractivity contribution in [2.45, 2.75) is 68.7 Å². The number of rotatable bonds is 6. The van der Waals surface area contributed by atoms with Crippen molar-refractivity contribution in [3.63, 3.8) is 0 Å². The highest BCUT2D eigenvalue weighted by Gasteiger charge is 2.56. The lowest BCUT2D eigenvalue weighted by atomic mass is 9.48. The first-order valence-corrected chi connectivity index (χ1v) is 16.1. The number of carbonyl (C=O) groups excluding carboxylic acids is 1. The van der Waals surface area contributed by atoms with E-state index in [1.807, 2.05) is 0 Å². The van der Waals surface area contributed by atoms with Crippen LogP contribution in [0.3, 0.4) is 0 Å². The number of hydrogen-bond acceptors (Lipinski definition) is 7. The Kier molecular flexibility index (Phi) is 5.80. The standard InChI is InChI=1S/C29H36N4O4S/c30-17-29(9-10-29)32-27(34)23-4-2-1-3-22(23)26-25(31-28(37-26)24-19-15-20(24)16-19)18-5-7-21(8-6-18)33-11-13-38(35,36)14-12-33/h5-8,19-20,22-24,35-36H,1-4,9-16H2,(H,32,34)/t19?,20?,22-,23-,24?/m1/s1. The zero-order valence-electron chi connectivity index (χ0n) is 21.6. The van der Waals surface area contributed by atoms with Crippen LogP contribution in [0.5, 0.6) is 0 Å². The number of benzene rings is 1. The lowest BCUT2D eigenvalue weighted by Gasteiger charge is -2.56. The summed E-state index contributed by atoms with van der Waals surface area (Å²) in [5.41, 5.74) is 2.25. The molecule has 0 spiro atoms. The largest absolute Gasteiger partial charge is 0.444 e. The molecule has 1 aromatic carbocycles. The molecule has 9 heteroatoms. The molecule has 5 aliphatic carbocycles. The first kappa shape index (κ1) is 24.5. The molecule has 6 aliphatic rings. The van der Waals surface area contributed by atoms with Crippen LogP contribution in [-0.2, 0) is 4.79 Å². The summed E-state index contributed by atoms with van der Waals surface area (Å²) < 4.78 is 26.6. The van der Waals surface area contributed by atoms with Gasteiger partial charge in [-0.3, -0.25) is 13.9 Å². The summed E-state index contributed by atoms with van der Waals surface area (Å²) in [6.07, 6.45) is 7.76. The molecule has 2 atom stereocenters. The molecule has 0 radical (unpaired) electrons. The van der Waals surface area contributed by atoms with Crippen LogP contribution in [0.15, 0.2) is 28.7 Å². The molecule has 8 rings (SSSR count). The molecule has 1 aliphatic heterocycles. The Labute approximate surface area is 225 Å². The second-order valence-corrected chi connectivity index (χ2v) is 14.6. The van der Waals surface area contributed by atoms with Crippen LogP contribution >= 0.6 is 10.6 Å². The number of aromatic nitrogens is 1. The highest BCUT2D eigenvalue weighted by atomic mass is 32.3. The van der Waals surface area contributed by atoms with Crippen LogP contribution in [0, 0.1) is 29.1 Å². The second kappa shape index (κ2) is 9.00. The minimum Gasteiger partial charge on any atom is -0.444 e. The molecule has 2 bridgehead atoms. The molecule has 38 heavy (non-hydrogen) atoms. The molecule has 202 valence electrons. The molecule has 2 heterocycles. The van der Waals surface area contributed by atoms with Gasteiger partial charge in [0.25, 0.3) is 0 Å². The predicted molar refractivity (Wildman–Crippen MR) is 146 cm³/mol. The van der Waals surface area contributed by atoms with Crippen molar-refractivity contribution >= 4 is 22.2 Å². The third-order valence-electron chi connectivity index (χ3n) is 9.83. The van der Waals surface area contributed by atoms with E-state index < -0.39 is 16.1 Å². The molecule has 0 unspecified atom stereocenters. The van der Waals surface area contributed by atoms with Gasteiger partial charge in [-0.2, -0.15) is 15.9 Å². The summed E-state index contributed by atoms with van der Waals surface area (Å²) in [4.78, 5) is 20.7. The van der Waals surface area contributed by atoms with Gasteiger partial charge in [0.1, 0.15) is 17.0 Å². The van der Waals surface area contributed by atoms with Gasteiger partial charge < -0.3 is 14.6 Å². The van der Waals surface area contributed by atoms with Crippen LogP contribution in [0.4, 0.5) is 5.69 Å². The van der Waals surface area contributed by atoms with Crippen molar-refractivity contribution in [1.29, 1.82) is 5.26 Å². The maximum absolute atomic E-state index is 13.4. The average Bonchev–Trinajstić information content (AvgIpc) is 3.52. The smallest absolute Gasteiger partial charge is 0.225 e. The Morgan fingerprint density at radius 3 is 2.39 bits per heavy atom. The first-order valence-electron chi connectivity index (χ1n) is 14.2. The van der Waals surface area contributed by atoms with Crippen LogP contribution < -0.4 is 10.2 Å². The van der Waals surface area contributed by atoms with Crippen LogP contribution in [0.25, 0.3) is 11.3 Å². The zero-order valence-corrected chi connectivity index (χ0v) is 22.5. The third-order valence-corrected chi connectivity index (χ3v) is 11.5. The average molecular weight is 537 g/mol. The molecule has 3 N–H and O–H groups in total. The van der Waals surface area contributed by atoms with Crippen molar-refractivity contribution in [3.8, 4) is 17.3 Å². The van der Waals surface area contributed by atoms with Gasteiger partial charge in [-0.25, -0.2) is 4.98 Å². The lowest BCUT2D eigenvalue weighted by Crippen LogP contribution is -2.48. The molecule has 6 fully saturated rings. The number of nitrogens with one attached hydrogen (secondary N) is 1. The molecule has 1 aromatic heterocycles. The number of nitriles is 1. The number of anilines is 1. The van der Waals surface area contributed by atoms with Crippen molar-refractivity contribution < 1.29 is 18.3 Å². The fourth-order valence-electron chi connectivity index (χ4n) is 6.93. The Balaban J connectivity index is 1.18. The van der Waals surface area contributed by atoms with Crippen LogP contribution in [-0.4, -0.2) is 50.1 Å². The Morgan fingerprint density at radius 2 is 1.79 bits per heavy atom. The summed E-state index contributed by atoms with van der Waals surface area (Å²) in [5.74, 6) is 4.01. The highest BCUT2D eigenvalue weighted by molar-refractivity contribution is 8.24. The van der Waals surface area contributed by atoms with Gasteiger partial charge in [-0.1, -0.05) is 25.0 Å². The number of hydrogen-bond donors (Lipinski definition) is 3. The molecular formula is C29H36N4O4S. The van der Waals surface area contributed by atoms with E-state index in [-0.39, 0.29) is 17.7 Å². The van der Waals surface area contributed by atoms with E-state index in [0.717, 1.165) is 67.1 Å². The van der Waals surface area contributed by atoms with Crippen molar-refractivity contribution in [1.82, 2.24) is 10.3 Å². The molecule has 1 saturated heterocycles. The summed E-state index contributed by atoms with van der Waals surface area (Å²) in [7, 11) is -2.43. The van der Waals surface area contributed by atoms with Gasteiger partial charge in [0.2, 0.25) is 5.91 Å². The summed E-state index contributed by atoms with van der Waals surface area (Å²) in [6, 6.07) is 10.6. The maximum atomic E-state index is 13.4. The third kappa shape index (κ3) is 4.21. The summed E-state index contributed by atoms with van der Waals surface area (Å²) in [6.45, 7) is 1.27. The van der Waals surface area contributed by atoms with E-state index in [1.165, 1.54) is 12.8 Å². The summed E-state index contributed by atoms with van der Waals surface area (Å²) in [5, 5.41) is 12.6. The second-order valence-electron chi connectivity index (χ2n) is 12.2. The van der Waals surface area contributed by atoms with E-state index in [0.29, 0.717) is 42.3 Å². The van der Waals surface area contributed by atoms with Gasteiger partial charge in [0.05, 0.1) is 17.6 Å². The molecule has 1 amide bonds. The quantitative estimate of drug-likeness (QED) is 0.447. The van der Waals surface area contributed by atoms with Gasteiger partial charge in [-0.15, -0.1) is 0 Å². The number of nitrogens with zero attached hydrogens (tertiary/aromatic N) is 3. The van der Waals surface area contributed by atoms with E-state index >= 15 is 0 Å². The fraction of sp³-hybridized carbons (Fsp3) is 0.621. The van der Waals surface area contributed by atoms with E-state index in [1.54, 1.807) is 0 Å². The first-order chi connectivity index (χ1) is 18.3. The van der Waals surface area contributed by atoms with Gasteiger partial charge in [-0.05, 0) is 62.5 Å². The summed E-state index contributed by atoms with van der Waals surface area (Å²) >= 11 is 0. The van der Waals surface area contributed by atoms with Crippen LogP contribution in [0.2, 0.25) is 0 Å².